The molecule has 0 amide bonds. The Balaban J connectivity index is 1.17. The number of furan rings is 2. The third-order valence-electron chi connectivity index (χ3n) is 9.13. The van der Waals surface area contributed by atoms with Gasteiger partial charge in [0.15, 0.2) is 17.5 Å². The molecule has 0 aliphatic heterocycles. The maximum Gasteiger partial charge on any atom is 0.164 e. The van der Waals surface area contributed by atoms with Crippen molar-refractivity contribution in [2.75, 3.05) is 0 Å². The van der Waals surface area contributed by atoms with Crippen LogP contribution < -0.4 is 0 Å². The van der Waals surface area contributed by atoms with Gasteiger partial charge >= 0.3 is 0 Å². The molecule has 5 heteroatoms. The molecule has 0 unspecified atom stereocenters. The predicted molar refractivity (Wildman–Crippen MR) is 194 cm³/mol. The number of para-hydroxylation sites is 1. The third kappa shape index (κ3) is 4.15. The van der Waals surface area contributed by atoms with Gasteiger partial charge in [-0.3, -0.25) is 0 Å². The Labute approximate surface area is 274 Å². The highest BCUT2D eigenvalue weighted by Gasteiger charge is 2.21. The van der Waals surface area contributed by atoms with E-state index in [0.29, 0.717) is 17.5 Å². The van der Waals surface area contributed by atoms with Gasteiger partial charge in [-0.25, -0.2) is 15.0 Å². The summed E-state index contributed by atoms with van der Waals surface area (Å²) in [5, 5.41) is 6.32. The second-order valence-corrected chi connectivity index (χ2v) is 12.0. The molecular weight excluding hydrogens is 590 g/mol. The SMILES string of the molecule is c1ccc(-c2ccc(-c3nc(-c4ccccc4)nc(-c4ccc5c(c4)oc4c6ccccc6c6c7ccccc7oc6c54)n3)cc2)cc1. The van der Waals surface area contributed by atoms with Crippen LogP contribution >= 0.6 is 0 Å². The van der Waals surface area contributed by atoms with Gasteiger partial charge in [0.25, 0.3) is 0 Å². The molecular formula is C43H25N3O2. The Bertz CT molecular complexity index is 2820. The average molecular weight is 616 g/mol. The first-order chi connectivity index (χ1) is 23.8. The largest absolute Gasteiger partial charge is 0.455 e. The van der Waals surface area contributed by atoms with Crippen LogP contribution in [0.25, 0.3) is 99.9 Å². The molecule has 10 aromatic rings. The minimum atomic E-state index is 0.576. The van der Waals surface area contributed by atoms with Crippen LogP contribution in [0.1, 0.15) is 0 Å². The fraction of sp³-hybridized carbons (Fsp3) is 0. The minimum absolute atomic E-state index is 0.576. The van der Waals surface area contributed by atoms with Gasteiger partial charge in [-0.2, -0.15) is 0 Å². The van der Waals surface area contributed by atoms with E-state index in [1.807, 2.05) is 66.7 Å². The fourth-order valence-corrected chi connectivity index (χ4v) is 6.83. The van der Waals surface area contributed by atoms with Crippen molar-refractivity contribution < 1.29 is 8.83 Å². The van der Waals surface area contributed by atoms with Crippen molar-refractivity contribution in [1.82, 2.24) is 15.0 Å². The van der Waals surface area contributed by atoms with Gasteiger partial charge in [0.05, 0.1) is 5.39 Å². The summed E-state index contributed by atoms with van der Waals surface area (Å²) >= 11 is 0. The number of hydrogen-bond donors (Lipinski definition) is 0. The zero-order chi connectivity index (χ0) is 31.6. The zero-order valence-corrected chi connectivity index (χ0v) is 25.6. The van der Waals surface area contributed by atoms with Crippen molar-refractivity contribution >= 4 is 54.6 Å². The molecule has 0 fully saturated rings. The number of nitrogens with zero attached hydrogens (tertiary/aromatic N) is 3. The molecule has 0 aliphatic carbocycles. The molecule has 224 valence electrons. The van der Waals surface area contributed by atoms with Crippen LogP contribution in [-0.4, -0.2) is 15.0 Å². The van der Waals surface area contributed by atoms with Crippen molar-refractivity contribution in [3.63, 3.8) is 0 Å². The molecule has 0 bridgehead atoms. The van der Waals surface area contributed by atoms with E-state index in [2.05, 4.69) is 84.9 Å². The lowest BCUT2D eigenvalue weighted by atomic mass is 9.99. The fourth-order valence-electron chi connectivity index (χ4n) is 6.83. The average Bonchev–Trinajstić information content (AvgIpc) is 3.74. The highest BCUT2D eigenvalue weighted by atomic mass is 16.3. The summed E-state index contributed by atoms with van der Waals surface area (Å²) in [7, 11) is 0. The Hall–Kier alpha value is -6.59. The number of fused-ring (bicyclic) bond motifs is 10. The number of rotatable bonds is 4. The van der Waals surface area contributed by atoms with Crippen molar-refractivity contribution in [1.29, 1.82) is 0 Å². The summed E-state index contributed by atoms with van der Waals surface area (Å²) < 4.78 is 13.2. The lowest BCUT2D eigenvalue weighted by molar-refractivity contribution is 0.665. The van der Waals surface area contributed by atoms with Gasteiger partial charge in [-0.1, -0.05) is 133 Å². The first kappa shape index (κ1) is 26.6. The molecule has 3 aromatic heterocycles. The van der Waals surface area contributed by atoms with E-state index in [4.69, 9.17) is 23.8 Å². The van der Waals surface area contributed by atoms with Gasteiger partial charge in [-0.05, 0) is 34.7 Å². The topological polar surface area (TPSA) is 65.0 Å². The monoisotopic (exact) mass is 615 g/mol. The predicted octanol–water partition coefficient (Wildman–Crippen LogP) is 11.5. The van der Waals surface area contributed by atoms with Crippen LogP contribution in [0.4, 0.5) is 0 Å². The maximum atomic E-state index is 6.69. The quantitative estimate of drug-likeness (QED) is 0.197. The molecule has 48 heavy (non-hydrogen) atoms. The van der Waals surface area contributed by atoms with Gasteiger partial charge in [0.2, 0.25) is 0 Å². The normalized spacial score (nSPS) is 11.8. The Morgan fingerprint density at radius 3 is 1.52 bits per heavy atom. The van der Waals surface area contributed by atoms with E-state index < -0.39 is 0 Å². The Morgan fingerprint density at radius 1 is 0.312 bits per heavy atom. The number of aromatic nitrogens is 3. The smallest absolute Gasteiger partial charge is 0.164 e. The Kier molecular flexibility index (Phi) is 5.81. The first-order valence-electron chi connectivity index (χ1n) is 15.9. The molecule has 7 aromatic carbocycles. The molecule has 0 spiro atoms. The van der Waals surface area contributed by atoms with E-state index in [-0.39, 0.29) is 0 Å². The van der Waals surface area contributed by atoms with Gasteiger partial charge in [0, 0.05) is 38.2 Å². The summed E-state index contributed by atoms with van der Waals surface area (Å²) in [6, 6.07) is 51.5. The molecule has 0 atom stereocenters. The molecule has 0 N–H and O–H groups in total. The summed E-state index contributed by atoms with van der Waals surface area (Å²) in [6.45, 7) is 0. The van der Waals surface area contributed by atoms with E-state index in [1.54, 1.807) is 0 Å². The minimum Gasteiger partial charge on any atom is -0.455 e. The summed E-state index contributed by atoms with van der Waals surface area (Å²) in [4.78, 5) is 14.9. The number of benzene rings is 7. The van der Waals surface area contributed by atoms with E-state index >= 15 is 0 Å². The van der Waals surface area contributed by atoms with Gasteiger partial charge in [-0.15, -0.1) is 0 Å². The van der Waals surface area contributed by atoms with Crippen LogP contribution in [0.2, 0.25) is 0 Å². The van der Waals surface area contributed by atoms with Crippen LogP contribution in [0.3, 0.4) is 0 Å². The summed E-state index contributed by atoms with van der Waals surface area (Å²) in [5.41, 5.74) is 8.23. The van der Waals surface area contributed by atoms with Crippen molar-refractivity contribution in [2.45, 2.75) is 0 Å². The lowest BCUT2D eigenvalue weighted by Gasteiger charge is -2.09. The molecule has 0 radical (unpaired) electrons. The molecule has 10 rings (SSSR count). The second-order valence-electron chi connectivity index (χ2n) is 12.0. The van der Waals surface area contributed by atoms with Gasteiger partial charge < -0.3 is 8.83 Å². The van der Waals surface area contributed by atoms with Crippen molar-refractivity contribution in [2.24, 2.45) is 0 Å². The molecule has 0 saturated heterocycles. The summed E-state index contributed by atoms with van der Waals surface area (Å²) in [6.07, 6.45) is 0. The Morgan fingerprint density at radius 2 is 0.792 bits per heavy atom. The summed E-state index contributed by atoms with van der Waals surface area (Å²) in [5.74, 6) is 1.80. The standard InChI is InChI=1S/C43H25N3O2/c1-3-11-26(12-4-1)27-19-21-29(22-20-27)42-44-41(28-13-5-2-6-14-28)45-43(46-42)30-23-24-34-36(25-30)48-39-32-16-8-7-15-31(32)37-33-17-9-10-18-35(33)47-40(37)38(34)39/h1-25H. The van der Waals surface area contributed by atoms with Gasteiger partial charge in [0.1, 0.15) is 22.3 Å². The van der Waals surface area contributed by atoms with Crippen LogP contribution in [0.15, 0.2) is 160 Å². The van der Waals surface area contributed by atoms with E-state index in [9.17, 15) is 0 Å². The first-order valence-corrected chi connectivity index (χ1v) is 15.9. The maximum absolute atomic E-state index is 6.69. The molecule has 0 aliphatic rings. The molecule has 3 heterocycles. The van der Waals surface area contributed by atoms with E-state index in [1.165, 1.54) is 0 Å². The molecule has 0 saturated carbocycles. The zero-order valence-electron chi connectivity index (χ0n) is 25.6. The second kappa shape index (κ2) is 10.5. The van der Waals surface area contributed by atoms with Crippen molar-refractivity contribution in [3.8, 4) is 45.3 Å². The van der Waals surface area contributed by atoms with Crippen LogP contribution in [0, 0.1) is 0 Å². The highest BCUT2D eigenvalue weighted by Crippen LogP contribution is 2.45. The third-order valence-corrected chi connectivity index (χ3v) is 9.13. The van der Waals surface area contributed by atoms with Crippen LogP contribution in [0.5, 0.6) is 0 Å². The van der Waals surface area contributed by atoms with Crippen LogP contribution in [-0.2, 0) is 0 Å². The number of hydrogen-bond acceptors (Lipinski definition) is 5. The van der Waals surface area contributed by atoms with Crippen molar-refractivity contribution in [3.05, 3.63) is 152 Å². The molecule has 5 nitrogen and oxygen atoms in total. The highest BCUT2D eigenvalue weighted by molar-refractivity contribution is 6.33. The van der Waals surface area contributed by atoms with E-state index in [0.717, 1.165) is 82.5 Å². The lowest BCUT2D eigenvalue weighted by Crippen LogP contribution is -2.00.